The highest BCUT2D eigenvalue weighted by Crippen LogP contribution is 2.15. The molecule has 0 N–H and O–H groups in total. The third-order valence-electron chi connectivity index (χ3n) is 2.32. The fraction of sp³-hybridized carbons (Fsp3) is 0.500. The van der Waals surface area contributed by atoms with Crippen LogP contribution in [-0.4, -0.2) is 52.4 Å². The molecule has 0 saturated carbocycles. The van der Waals surface area contributed by atoms with Crippen LogP contribution in [0.5, 0.6) is 0 Å². The Labute approximate surface area is 102 Å². The average molecular weight is 262 g/mol. The zero-order valence-electron chi connectivity index (χ0n) is 8.31. The van der Waals surface area contributed by atoms with Gasteiger partial charge < -0.3 is 9.80 Å². The molecule has 6 nitrogen and oxygen atoms in total. The third kappa shape index (κ3) is 2.51. The van der Waals surface area contributed by atoms with Gasteiger partial charge in [0.25, 0.3) is 0 Å². The van der Waals surface area contributed by atoms with Crippen molar-refractivity contribution in [3.63, 3.8) is 0 Å². The molecule has 2 rings (SSSR count). The van der Waals surface area contributed by atoms with E-state index in [-0.39, 0.29) is 10.6 Å². The molecule has 1 aromatic rings. The highest BCUT2D eigenvalue weighted by Gasteiger charge is 2.18. The molecule has 2 heterocycles. The lowest BCUT2D eigenvalue weighted by Crippen LogP contribution is -2.46. The predicted molar refractivity (Wildman–Crippen MR) is 59.7 cm³/mol. The Hall–Kier alpha value is -1.14. The van der Waals surface area contributed by atoms with Crippen molar-refractivity contribution in [3.8, 4) is 0 Å². The highest BCUT2D eigenvalue weighted by molar-refractivity contribution is 6.31. The van der Waals surface area contributed by atoms with Gasteiger partial charge in [-0.15, -0.1) is 0 Å². The van der Waals surface area contributed by atoms with E-state index < -0.39 is 0 Å². The van der Waals surface area contributed by atoms with Crippen LogP contribution in [0, 0.1) is 0 Å². The van der Waals surface area contributed by atoms with E-state index in [0.29, 0.717) is 32.1 Å². The molecule has 0 aliphatic carbocycles. The third-order valence-corrected chi connectivity index (χ3v) is 2.65. The molecule has 16 heavy (non-hydrogen) atoms. The van der Waals surface area contributed by atoms with Crippen LogP contribution in [0.4, 0.5) is 5.95 Å². The number of nitrogens with zero attached hydrogens (tertiary/aromatic N) is 5. The highest BCUT2D eigenvalue weighted by atomic mass is 35.5. The molecule has 0 atom stereocenters. The molecular formula is C8H9Cl2N5O. The summed E-state index contributed by atoms with van der Waals surface area (Å²) in [6, 6.07) is 0. The van der Waals surface area contributed by atoms with Gasteiger partial charge in [-0.2, -0.15) is 15.0 Å². The minimum atomic E-state index is 0.0767. The maximum absolute atomic E-state index is 10.5. The van der Waals surface area contributed by atoms with Gasteiger partial charge in [0.2, 0.25) is 22.9 Å². The summed E-state index contributed by atoms with van der Waals surface area (Å²) >= 11 is 11.4. The van der Waals surface area contributed by atoms with E-state index in [1.165, 1.54) is 0 Å². The van der Waals surface area contributed by atoms with Crippen LogP contribution >= 0.6 is 23.2 Å². The summed E-state index contributed by atoms with van der Waals surface area (Å²) in [5.74, 6) is 0.454. The zero-order valence-corrected chi connectivity index (χ0v) is 9.82. The number of hydrogen-bond acceptors (Lipinski definition) is 5. The number of amides is 1. The van der Waals surface area contributed by atoms with Crippen LogP contribution in [-0.2, 0) is 4.79 Å². The van der Waals surface area contributed by atoms with Gasteiger partial charge in [-0.3, -0.25) is 4.79 Å². The number of halogens is 2. The number of anilines is 1. The van der Waals surface area contributed by atoms with Crippen LogP contribution < -0.4 is 4.90 Å². The van der Waals surface area contributed by atoms with Gasteiger partial charge in [0.05, 0.1) is 0 Å². The van der Waals surface area contributed by atoms with E-state index in [4.69, 9.17) is 23.2 Å². The van der Waals surface area contributed by atoms with Crippen molar-refractivity contribution in [1.82, 2.24) is 19.9 Å². The Kier molecular flexibility index (Phi) is 3.40. The zero-order chi connectivity index (χ0) is 11.5. The molecule has 1 saturated heterocycles. The lowest BCUT2D eigenvalue weighted by Gasteiger charge is -2.32. The standard InChI is InChI=1S/C8H9Cl2N5O/c9-6-11-7(10)13-8(12-6)15-3-1-14(5-16)2-4-15/h5H,1-4H2. The van der Waals surface area contributed by atoms with Gasteiger partial charge >= 0.3 is 0 Å². The second-order valence-corrected chi connectivity index (χ2v) is 3.98. The summed E-state index contributed by atoms with van der Waals surface area (Å²) in [5, 5.41) is 0.153. The molecule has 0 radical (unpaired) electrons. The summed E-state index contributed by atoms with van der Waals surface area (Å²) in [7, 11) is 0. The number of carbonyl (C=O) groups excluding carboxylic acids is 1. The molecule has 86 valence electrons. The van der Waals surface area contributed by atoms with Crippen molar-refractivity contribution in [1.29, 1.82) is 0 Å². The van der Waals surface area contributed by atoms with Crippen molar-refractivity contribution in [2.45, 2.75) is 0 Å². The molecule has 0 aromatic carbocycles. The lowest BCUT2D eigenvalue weighted by atomic mass is 10.3. The van der Waals surface area contributed by atoms with E-state index in [2.05, 4.69) is 15.0 Å². The summed E-state index contributed by atoms with van der Waals surface area (Å²) in [6.07, 6.45) is 0.838. The summed E-state index contributed by atoms with van der Waals surface area (Å²) < 4.78 is 0. The molecule has 1 fully saturated rings. The maximum Gasteiger partial charge on any atom is 0.231 e. The first kappa shape index (κ1) is 11.3. The smallest absolute Gasteiger partial charge is 0.231 e. The molecule has 1 amide bonds. The Balaban J connectivity index is 2.10. The lowest BCUT2D eigenvalue weighted by molar-refractivity contribution is -0.118. The molecule has 0 spiro atoms. The second kappa shape index (κ2) is 4.80. The fourth-order valence-corrected chi connectivity index (χ4v) is 1.84. The average Bonchev–Trinajstić information content (AvgIpc) is 2.28. The molecule has 0 unspecified atom stereocenters. The Morgan fingerprint density at radius 1 is 1.00 bits per heavy atom. The van der Waals surface area contributed by atoms with Gasteiger partial charge in [0.1, 0.15) is 0 Å². The molecule has 1 aliphatic heterocycles. The van der Waals surface area contributed by atoms with Gasteiger partial charge in [-0.25, -0.2) is 0 Å². The molecule has 1 aliphatic rings. The SMILES string of the molecule is O=CN1CCN(c2nc(Cl)nc(Cl)n2)CC1. The number of hydrogen-bond donors (Lipinski definition) is 0. The Morgan fingerprint density at radius 3 is 2.06 bits per heavy atom. The van der Waals surface area contributed by atoms with Crippen molar-refractivity contribution >= 4 is 35.6 Å². The van der Waals surface area contributed by atoms with E-state index in [1.807, 2.05) is 4.90 Å². The second-order valence-electron chi connectivity index (χ2n) is 3.30. The summed E-state index contributed by atoms with van der Waals surface area (Å²) in [4.78, 5) is 25.8. The maximum atomic E-state index is 10.5. The van der Waals surface area contributed by atoms with Gasteiger partial charge in [0.15, 0.2) is 0 Å². The largest absolute Gasteiger partial charge is 0.342 e. The van der Waals surface area contributed by atoms with E-state index >= 15 is 0 Å². The topological polar surface area (TPSA) is 62.2 Å². The van der Waals surface area contributed by atoms with Gasteiger partial charge in [-0.1, -0.05) is 0 Å². The van der Waals surface area contributed by atoms with Gasteiger partial charge in [0, 0.05) is 26.2 Å². The van der Waals surface area contributed by atoms with E-state index in [0.717, 1.165) is 6.41 Å². The van der Waals surface area contributed by atoms with Crippen LogP contribution in [0.25, 0.3) is 0 Å². The monoisotopic (exact) mass is 261 g/mol. The molecule has 1 aromatic heterocycles. The van der Waals surface area contributed by atoms with Crippen LogP contribution in [0.1, 0.15) is 0 Å². The Morgan fingerprint density at radius 2 is 1.56 bits per heavy atom. The van der Waals surface area contributed by atoms with Crippen molar-refractivity contribution in [3.05, 3.63) is 10.6 Å². The van der Waals surface area contributed by atoms with Crippen LogP contribution in [0.15, 0.2) is 0 Å². The van der Waals surface area contributed by atoms with Gasteiger partial charge in [-0.05, 0) is 23.2 Å². The van der Waals surface area contributed by atoms with E-state index in [9.17, 15) is 4.79 Å². The van der Waals surface area contributed by atoms with E-state index in [1.54, 1.807) is 4.90 Å². The number of rotatable bonds is 2. The minimum absolute atomic E-state index is 0.0767. The fourth-order valence-electron chi connectivity index (χ4n) is 1.48. The summed E-state index contributed by atoms with van der Waals surface area (Å²) in [6.45, 7) is 2.61. The van der Waals surface area contributed by atoms with Crippen LogP contribution in [0.2, 0.25) is 10.6 Å². The number of carbonyl (C=O) groups is 1. The Bertz CT molecular complexity index is 374. The molecular weight excluding hydrogens is 253 g/mol. The predicted octanol–water partition coefficient (Wildman–Crippen LogP) is 0.457. The minimum Gasteiger partial charge on any atom is -0.342 e. The van der Waals surface area contributed by atoms with Crippen molar-refractivity contribution in [2.75, 3.05) is 31.1 Å². The quantitative estimate of drug-likeness (QED) is 0.724. The first-order valence-electron chi connectivity index (χ1n) is 4.70. The number of piperazine rings is 1. The molecule has 0 bridgehead atoms. The van der Waals surface area contributed by atoms with Crippen LogP contribution in [0.3, 0.4) is 0 Å². The summed E-state index contributed by atoms with van der Waals surface area (Å²) in [5.41, 5.74) is 0. The number of aromatic nitrogens is 3. The van der Waals surface area contributed by atoms with Crippen molar-refractivity contribution < 1.29 is 4.79 Å². The normalized spacial score (nSPS) is 16.4. The first-order chi connectivity index (χ1) is 7.69. The molecule has 8 heteroatoms. The van der Waals surface area contributed by atoms with Crippen molar-refractivity contribution in [2.24, 2.45) is 0 Å². The first-order valence-corrected chi connectivity index (χ1v) is 5.46.